The SMILES string of the molecule is O=C(/C=C/c1ccccc1)NNC(=O)c1ccc2c(=O)n3c(nc2c1)CCC3. The molecule has 2 heterocycles. The summed E-state index contributed by atoms with van der Waals surface area (Å²) in [6.07, 6.45) is 4.64. The van der Waals surface area contributed by atoms with Crippen molar-refractivity contribution < 1.29 is 9.59 Å². The molecule has 0 saturated heterocycles. The van der Waals surface area contributed by atoms with E-state index in [9.17, 15) is 14.4 Å². The van der Waals surface area contributed by atoms with Crippen LogP contribution in [-0.2, 0) is 17.8 Å². The number of nitrogens with zero attached hydrogens (tertiary/aromatic N) is 2. The van der Waals surface area contributed by atoms with E-state index in [1.54, 1.807) is 28.8 Å². The van der Waals surface area contributed by atoms with Gasteiger partial charge < -0.3 is 0 Å². The number of hydrogen-bond donors (Lipinski definition) is 2. The summed E-state index contributed by atoms with van der Waals surface area (Å²) in [5.74, 6) is -0.188. The fraction of sp³-hybridized carbons (Fsp3) is 0.143. The summed E-state index contributed by atoms with van der Waals surface area (Å²) < 4.78 is 1.68. The summed E-state index contributed by atoms with van der Waals surface area (Å²) >= 11 is 0. The highest BCUT2D eigenvalue weighted by atomic mass is 16.2. The molecule has 4 rings (SSSR count). The van der Waals surface area contributed by atoms with Crippen LogP contribution in [0.2, 0.25) is 0 Å². The van der Waals surface area contributed by atoms with Crippen LogP contribution in [0.15, 0.2) is 59.4 Å². The number of aromatic nitrogens is 2. The Morgan fingerprint density at radius 2 is 1.89 bits per heavy atom. The fourth-order valence-corrected chi connectivity index (χ4v) is 3.19. The molecule has 2 amide bonds. The van der Waals surface area contributed by atoms with Crippen molar-refractivity contribution in [2.75, 3.05) is 0 Å². The van der Waals surface area contributed by atoms with Gasteiger partial charge in [0.2, 0.25) is 0 Å². The lowest BCUT2D eigenvalue weighted by Crippen LogP contribution is -2.40. The van der Waals surface area contributed by atoms with Crippen molar-refractivity contribution in [2.24, 2.45) is 0 Å². The molecule has 1 aliphatic heterocycles. The number of benzene rings is 2. The molecule has 0 radical (unpaired) electrons. The predicted molar refractivity (Wildman–Crippen MR) is 105 cm³/mol. The summed E-state index contributed by atoms with van der Waals surface area (Å²) in [4.78, 5) is 41.2. The van der Waals surface area contributed by atoms with Crippen LogP contribution in [0.3, 0.4) is 0 Å². The lowest BCUT2D eigenvalue weighted by molar-refractivity contribution is -0.117. The smallest absolute Gasteiger partial charge is 0.269 e. The van der Waals surface area contributed by atoms with E-state index >= 15 is 0 Å². The van der Waals surface area contributed by atoms with Crippen LogP contribution in [0.5, 0.6) is 0 Å². The average Bonchev–Trinajstić information content (AvgIpc) is 3.20. The monoisotopic (exact) mass is 374 g/mol. The molecule has 2 aromatic carbocycles. The van der Waals surface area contributed by atoms with Crippen molar-refractivity contribution in [3.8, 4) is 0 Å². The van der Waals surface area contributed by atoms with Gasteiger partial charge in [-0.3, -0.25) is 29.8 Å². The van der Waals surface area contributed by atoms with Gasteiger partial charge in [0, 0.05) is 24.6 Å². The van der Waals surface area contributed by atoms with Crippen molar-refractivity contribution >= 4 is 28.8 Å². The summed E-state index contributed by atoms with van der Waals surface area (Å²) in [7, 11) is 0. The molecule has 0 saturated carbocycles. The lowest BCUT2D eigenvalue weighted by Gasteiger charge is -2.08. The molecule has 2 N–H and O–H groups in total. The minimum atomic E-state index is -0.481. The highest BCUT2D eigenvalue weighted by Gasteiger charge is 2.17. The average molecular weight is 374 g/mol. The van der Waals surface area contributed by atoms with Gasteiger partial charge in [-0.1, -0.05) is 30.3 Å². The number of carbonyl (C=O) groups excluding carboxylic acids is 2. The third kappa shape index (κ3) is 3.55. The van der Waals surface area contributed by atoms with Gasteiger partial charge in [0.1, 0.15) is 5.82 Å². The maximum Gasteiger partial charge on any atom is 0.269 e. The third-order valence-electron chi connectivity index (χ3n) is 4.60. The first-order valence-corrected chi connectivity index (χ1v) is 8.99. The van der Waals surface area contributed by atoms with Gasteiger partial charge in [-0.05, 0) is 36.3 Å². The van der Waals surface area contributed by atoms with Crippen LogP contribution in [0, 0.1) is 0 Å². The molecule has 1 aromatic heterocycles. The molecule has 7 nitrogen and oxygen atoms in total. The number of fused-ring (bicyclic) bond motifs is 2. The molecule has 140 valence electrons. The molecule has 0 bridgehead atoms. The molecule has 0 unspecified atom stereocenters. The second-order valence-corrected chi connectivity index (χ2v) is 6.51. The normalized spacial score (nSPS) is 12.9. The number of hydrazine groups is 1. The van der Waals surface area contributed by atoms with Gasteiger partial charge >= 0.3 is 0 Å². The van der Waals surface area contributed by atoms with Crippen LogP contribution in [0.25, 0.3) is 17.0 Å². The zero-order valence-electron chi connectivity index (χ0n) is 15.0. The summed E-state index contributed by atoms with van der Waals surface area (Å²) in [5, 5.41) is 0.483. The lowest BCUT2D eigenvalue weighted by atomic mass is 10.1. The minimum absolute atomic E-state index is 0.0798. The summed E-state index contributed by atoms with van der Waals surface area (Å²) in [6, 6.07) is 14.1. The predicted octanol–water partition coefficient (Wildman–Crippen LogP) is 1.82. The van der Waals surface area contributed by atoms with E-state index in [2.05, 4.69) is 15.8 Å². The number of aryl methyl sites for hydroxylation is 1. The molecule has 0 fully saturated rings. The van der Waals surface area contributed by atoms with Crippen molar-refractivity contribution in [1.82, 2.24) is 20.4 Å². The number of carbonyl (C=O) groups is 2. The van der Waals surface area contributed by atoms with Gasteiger partial charge in [0.15, 0.2) is 0 Å². The first-order chi connectivity index (χ1) is 13.6. The van der Waals surface area contributed by atoms with Crippen LogP contribution in [0.1, 0.15) is 28.2 Å². The standard InChI is InChI=1S/C21H18N4O3/c26-19(11-8-14-5-2-1-3-6-14)23-24-20(27)15-9-10-16-17(13-15)22-18-7-4-12-25(18)21(16)28/h1-3,5-6,8-11,13H,4,7,12H2,(H,23,26)(H,24,27)/b11-8+. The van der Waals surface area contributed by atoms with E-state index in [4.69, 9.17) is 0 Å². The van der Waals surface area contributed by atoms with Crippen molar-refractivity contribution in [3.63, 3.8) is 0 Å². The van der Waals surface area contributed by atoms with Crippen molar-refractivity contribution in [3.05, 3.63) is 81.9 Å². The molecular formula is C21H18N4O3. The number of rotatable bonds is 3. The first-order valence-electron chi connectivity index (χ1n) is 8.99. The Balaban J connectivity index is 1.45. The molecule has 0 aliphatic carbocycles. The van der Waals surface area contributed by atoms with E-state index in [0.29, 0.717) is 23.0 Å². The Kier molecular flexibility index (Phi) is 4.72. The Morgan fingerprint density at radius 3 is 2.71 bits per heavy atom. The fourth-order valence-electron chi connectivity index (χ4n) is 3.19. The molecular weight excluding hydrogens is 356 g/mol. The second-order valence-electron chi connectivity index (χ2n) is 6.51. The highest BCUT2D eigenvalue weighted by molar-refractivity contribution is 6.00. The van der Waals surface area contributed by atoms with Gasteiger partial charge in [0.05, 0.1) is 10.9 Å². The number of nitrogens with one attached hydrogen (secondary N) is 2. The molecule has 0 spiro atoms. The minimum Gasteiger partial charge on any atom is -0.296 e. The van der Waals surface area contributed by atoms with E-state index in [1.165, 1.54) is 6.08 Å². The van der Waals surface area contributed by atoms with E-state index in [1.807, 2.05) is 30.3 Å². The first kappa shape index (κ1) is 17.7. The van der Waals surface area contributed by atoms with Crippen molar-refractivity contribution in [1.29, 1.82) is 0 Å². The van der Waals surface area contributed by atoms with Gasteiger partial charge in [-0.15, -0.1) is 0 Å². The maximum atomic E-state index is 12.5. The number of amides is 2. The Morgan fingerprint density at radius 1 is 1.07 bits per heavy atom. The van der Waals surface area contributed by atoms with Crippen LogP contribution >= 0.6 is 0 Å². The molecule has 1 aliphatic rings. The Labute approximate surface area is 160 Å². The second kappa shape index (κ2) is 7.48. The van der Waals surface area contributed by atoms with E-state index in [-0.39, 0.29) is 5.56 Å². The molecule has 28 heavy (non-hydrogen) atoms. The van der Waals surface area contributed by atoms with Gasteiger partial charge in [-0.25, -0.2) is 4.98 Å². The van der Waals surface area contributed by atoms with E-state index < -0.39 is 11.8 Å². The topological polar surface area (TPSA) is 93.1 Å². The third-order valence-corrected chi connectivity index (χ3v) is 4.60. The molecule has 0 atom stereocenters. The highest BCUT2D eigenvalue weighted by Crippen LogP contribution is 2.16. The Hall–Kier alpha value is -3.74. The zero-order chi connectivity index (χ0) is 19.5. The van der Waals surface area contributed by atoms with Crippen molar-refractivity contribution in [2.45, 2.75) is 19.4 Å². The summed E-state index contributed by atoms with van der Waals surface area (Å²) in [6.45, 7) is 0.682. The Bertz CT molecular complexity index is 1150. The van der Waals surface area contributed by atoms with Gasteiger partial charge in [0.25, 0.3) is 17.4 Å². The largest absolute Gasteiger partial charge is 0.296 e. The quantitative estimate of drug-likeness (QED) is 0.540. The molecule has 7 heteroatoms. The zero-order valence-corrected chi connectivity index (χ0v) is 15.0. The van der Waals surface area contributed by atoms with E-state index in [0.717, 1.165) is 24.2 Å². The van der Waals surface area contributed by atoms with Crippen LogP contribution in [0.4, 0.5) is 0 Å². The maximum absolute atomic E-state index is 12.5. The molecule has 3 aromatic rings. The number of hydrogen-bond acceptors (Lipinski definition) is 4. The summed E-state index contributed by atoms with van der Waals surface area (Å²) in [5.41, 5.74) is 6.31. The van der Waals surface area contributed by atoms with Crippen LogP contribution in [-0.4, -0.2) is 21.4 Å². The van der Waals surface area contributed by atoms with Crippen LogP contribution < -0.4 is 16.4 Å². The van der Waals surface area contributed by atoms with Gasteiger partial charge in [-0.2, -0.15) is 0 Å².